The molecule has 166 valence electrons. The maximum absolute atomic E-state index is 12.9. The molecule has 0 aliphatic carbocycles. The fourth-order valence-corrected chi connectivity index (χ4v) is 3.53. The van der Waals surface area contributed by atoms with Crippen LogP contribution in [0.3, 0.4) is 0 Å². The molecule has 0 heterocycles. The van der Waals surface area contributed by atoms with Crippen LogP contribution in [-0.2, 0) is 32.1 Å². The second kappa shape index (κ2) is 12.3. The van der Waals surface area contributed by atoms with Crippen molar-refractivity contribution in [1.82, 2.24) is 10.6 Å². The zero-order valence-corrected chi connectivity index (χ0v) is 19.9. The maximum Gasteiger partial charge on any atom is 0.408 e. The largest absolute Gasteiger partial charge is 0.467 e. The van der Waals surface area contributed by atoms with Crippen LogP contribution in [0, 0.1) is 9.49 Å². The van der Waals surface area contributed by atoms with Crippen LogP contribution >= 0.6 is 22.6 Å². The minimum Gasteiger partial charge on any atom is -0.467 e. The van der Waals surface area contributed by atoms with Crippen molar-refractivity contribution < 1.29 is 23.9 Å². The molecule has 2 amide bonds. The summed E-state index contributed by atoms with van der Waals surface area (Å²) in [7, 11) is 1.27. The molecule has 0 bridgehead atoms. The average Bonchev–Trinajstić information content (AvgIpc) is 2.75. The SMILES string of the molecule is COC(=O)[C@H](Cc1cccc(I)c1)NC(=O)[C@@H](NC(=O)OCc1ccccc1)C(C)C. The minimum absolute atomic E-state index is 0.0938. The van der Waals surface area contributed by atoms with Gasteiger partial charge in [0.15, 0.2) is 0 Å². The van der Waals surface area contributed by atoms with Gasteiger partial charge in [-0.2, -0.15) is 0 Å². The lowest BCUT2D eigenvalue weighted by atomic mass is 10.0. The Morgan fingerprint density at radius 1 is 0.968 bits per heavy atom. The Hall–Kier alpha value is -2.62. The number of hydrogen-bond donors (Lipinski definition) is 2. The number of alkyl carbamates (subject to hydrolysis) is 1. The zero-order chi connectivity index (χ0) is 22.8. The van der Waals surface area contributed by atoms with Gasteiger partial charge in [-0.1, -0.05) is 56.3 Å². The Balaban J connectivity index is 2.02. The van der Waals surface area contributed by atoms with Gasteiger partial charge in [-0.25, -0.2) is 9.59 Å². The molecule has 0 unspecified atom stereocenters. The fraction of sp³-hybridized carbons (Fsp3) is 0.348. The van der Waals surface area contributed by atoms with Crippen molar-refractivity contribution >= 4 is 40.6 Å². The number of benzene rings is 2. The lowest BCUT2D eigenvalue weighted by Crippen LogP contribution is -2.54. The Kier molecular flexibility index (Phi) is 9.77. The molecule has 0 aliphatic rings. The molecule has 0 fully saturated rings. The lowest BCUT2D eigenvalue weighted by molar-refractivity contribution is -0.145. The number of amides is 2. The molecule has 0 spiro atoms. The average molecular weight is 538 g/mol. The van der Waals surface area contributed by atoms with E-state index >= 15 is 0 Å². The fourth-order valence-electron chi connectivity index (χ4n) is 2.92. The molecule has 2 aromatic rings. The molecule has 0 radical (unpaired) electrons. The maximum atomic E-state index is 12.9. The predicted octanol–water partition coefficient (Wildman–Crippen LogP) is 3.44. The molecule has 2 aromatic carbocycles. The summed E-state index contributed by atoms with van der Waals surface area (Å²) in [6.07, 6.45) is -0.427. The van der Waals surface area contributed by atoms with Crippen LogP contribution in [-0.4, -0.2) is 37.2 Å². The summed E-state index contributed by atoms with van der Waals surface area (Å²) in [6, 6.07) is 15.1. The van der Waals surface area contributed by atoms with E-state index in [1.807, 2.05) is 54.6 Å². The van der Waals surface area contributed by atoms with Gasteiger partial charge in [0.2, 0.25) is 5.91 Å². The molecule has 7 nitrogen and oxygen atoms in total. The first-order valence-electron chi connectivity index (χ1n) is 9.90. The number of carbonyl (C=O) groups excluding carboxylic acids is 3. The van der Waals surface area contributed by atoms with Gasteiger partial charge in [0.1, 0.15) is 18.7 Å². The van der Waals surface area contributed by atoms with Crippen LogP contribution in [0.15, 0.2) is 54.6 Å². The van der Waals surface area contributed by atoms with Crippen molar-refractivity contribution in [2.75, 3.05) is 7.11 Å². The molecule has 0 saturated heterocycles. The summed E-state index contributed by atoms with van der Waals surface area (Å²) >= 11 is 2.18. The Morgan fingerprint density at radius 3 is 2.26 bits per heavy atom. The lowest BCUT2D eigenvalue weighted by Gasteiger charge is -2.24. The van der Waals surface area contributed by atoms with Gasteiger partial charge in [-0.3, -0.25) is 4.79 Å². The van der Waals surface area contributed by atoms with Crippen molar-refractivity contribution in [3.8, 4) is 0 Å². The van der Waals surface area contributed by atoms with Gasteiger partial charge in [-0.15, -0.1) is 0 Å². The molecule has 8 heteroatoms. The van der Waals surface area contributed by atoms with Crippen LogP contribution in [0.5, 0.6) is 0 Å². The van der Waals surface area contributed by atoms with Crippen molar-refractivity contribution in [3.05, 3.63) is 69.3 Å². The highest BCUT2D eigenvalue weighted by atomic mass is 127. The summed E-state index contributed by atoms with van der Waals surface area (Å²) in [6.45, 7) is 3.69. The van der Waals surface area contributed by atoms with Crippen LogP contribution < -0.4 is 10.6 Å². The number of halogens is 1. The number of rotatable bonds is 9. The molecular formula is C23H27IN2O5. The van der Waals surface area contributed by atoms with Crippen LogP contribution in [0.2, 0.25) is 0 Å². The topological polar surface area (TPSA) is 93.7 Å². The molecular weight excluding hydrogens is 511 g/mol. The molecule has 2 atom stereocenters. The highest BCUT2D eigenvalue weighted by molar-refractivity contribution is 14.1. The highest BCUT2D eigenvalue weighted by Crippen LogP contribution is 2.12. The van der Waals surface area contributed by atoms with E-state index < -0.39 is 30.1 Å². The first-order valence-corrected chi connectivity index (χ1v) is 11.0. The van der Waals surface area contributed by atoms with Crippen molar-refractivity contribution in [1.29, 1.82) is 0 Å². The molecule has 2 rings (SSSR count). The van der Waals surface area contributed by atoms with Gasteiger partial charge < -0.3 is 20.1 Å². The number of carbonyl (C=O) groups is 3. The van der Waals surface area contributed by atoms with Crippen molar-refractivity contribution in [2.45, 2.75) is 39.0 Å². The summed E-state index contributed by atoms with van der Waals surface area (Å²) in [5, 5.41) is 5.31. The third-order valence-corrected chi connectivity index (χ3v) is 5.24. The van der Waals surface area contributed by atoms with E-state index in [-0.39, 0.29) is 18.9 Å². The van der Waals surface area contributed by atoms with E-state index in [9.17, 15) is 14.4 Å². The van der Waals surface area contributed by atoms with E-state index in [2.05, 4.69) is 33.2 Å². The third kappa shape index (κ3) is 8.20. The second-order valence-electron chi connectivity index (χ2n) is 7.35. The molecule has 0 aromatic heterocycles. The number of methoxy groups -OCH3 is 1. The Labute approximate surface area is 196 Å². The quantitative estimate of drug-likeness (QED) is 0.377. The Morgan fingerprint density at radius 2 is 1.65 bits per heavy atom. The minimum atomic E-state index is -0.876. The Bertz CT molecular complexity index is 889. The van der Waals surface area contributed by atoms with E-state index in [0.717, 1.165) is 14.7 Å². The zero-order valence-electron chi connectivity index (χ0n) is 17.8. The van der Waals surface area contributed by atoms with Crippen molar-refractivity contribution in [3.63, 3.8) is 0 Å². The highest BCUT2D eigenvalue weighted by Gasteiger charge is 2.29. The smallest absolute Gasteiger partial charge is 0.408 e. The summed E-state index contributed by atoms with van der Waals surface area (Å²) < 4.78 is 11.1. The van der Waals surface area contributed by atoms with Crippen LogP contribution in [0.1, 0.15) is 25.0 Å². The van der Waals surface area contributed by atoms with Gasteiger partial charge in [0.05, 0.1) is 7.11 Å². The summed E-state index contributed by atoms with van der Waals surface area (Å²) in [4.78, 5) is 37.4. The number of hydrogen-bond acceptors (Lipinski definition) is 5. The van der Waals surface area contributed by atoms with Crippen LogP contribution in [0.4, 0.5) is 4.79 Å². The third-order valence-electron chi connectivity index (χ3n) is 4.57. The predicted molar refractivity (Wildman–Crippen MR) is 125 cm³/mol. The second-order valence-corrected chi connectivity index (χ2v) is 8.59. The van der Waals surface area contributed by atoms with Gasteiger partial charge >= 0.3 is 12.1 Å². The van der Waals surface area contributed by atoms with E-state index in [4.69, 9.17) is 9.47 Å². The molecule has 2 N–H and O–H groups in total. The van der Waals surface area contributed by atoms with E-state index in [1.54, 1.807) is 13.8 Å². The van der Waals surface area contributed by atoms with Crippen LogP contribution in [0.25, 0.3) is 0 Å². The van der Waals surface area contributed by atoms with E-state index in [0.29, 0.717) is 0 Å². The molecule has 0 aliphatic heterocycles. The van der Waals surface area contributed by atoms with Gasteiger partial charge in [0, 0.05) is 9.99 Å². The molecule has 31 heavy (non-hydrogen) atoms. The monoisotopic (exact) mass is 538 g/mol. The number of nitrogens with one attached hydrogen (secondary N) is 2. The van der Waals surface area contributed by atoms with E-state index in [1.165, 1.54) is 7.11 Å². The normalized spacial score (nSPS) is 12.5. The first kappa shape index (κ1) is 24.6. The summed E-state index contributed by atoms with van der Waals surface area (Å²) in [5.74, 6) is -1.26. The first-order chi connectivity index (χ1) is 14.8. The number of ether oxygens (including phenoxy) is 2. The number of esters is 1. The van der Waals surface area contributed by atoms with Crippen molar-refractivity contribution in [2.24, 2.45) is 5.92 Å². The van der Waals surface area contributed by atoms with Gasteiger partial charge in [-0.05, 0) is 51.8 Å². The van der Waals surface area contributed by atoms with Gasteiger partial charge in [0.25, 0.3) is 0 Å². The summed E-state index contributed by atoms with van der Waals surface area (Å²) in [5.41, 5.74) is 1.73. The molecule has 0 saturated carbocycles. The standard InChI is InChI=1S/C23H27IN2O5/c1-15(2)20(26-23(29)31-14-16-8-5-4-6-9-16)21(27)25-19(22(28)30-3)13-17-10-7-11-18(24)12-17/h4-12,15,19-20H,13-14H2,1-3H3,(H,25,27)(H,26,29)/t19-,20-/m0/s1.